The Kier molecular flexibility index (Phi) is 6.67. The summed E-state index contributed by atoms with van der Waals surface area (Å²) in [5.74, 6) is -25.5. The van der Waals surface area contributed by atoms with Gasteiger partial charge in [-0.05, 0) is 12.1 Å². The first-order valence-corrected chi connectivity index (χ1v) is 9.26. The number of ether oxygens (including phenoxy) is 1. The van der Waals surface area contributed by atoms with Crippen molar-refractivity contribution in [1.82, 2.24) is 0 Å². The van der Waals surface area contributed by atoms with Crippen molar-refractivity contribution in [1.29, 1.82) is 0 Å². The number of phenols is 2. The van der Waals surface area contributed by atoms with Crippen molar-refractivity contribution in [3.8, 4) is 11.5 Å². The van der Waals surface area contributed by atoms with Crippen molar-refractivity contribution in [2.24, 2.45) is 0 Å². The average molecular weight is 478 g/mol. The van der Waals surface area contributed by atoms with Crippen molar-refractivity contribution in [2.75, 3.05) is 6.67 Å². The maximum absolute atomic E-state index is 14.2. The molecule has 30 heavy (non-hydrogen) atoms. The molecule has 0 fully saturated rings. The first-order chi connectivity index (χ1) is 13.2. The molecule has 0 aliphatic carbocycles. The third-order valence-corrected chi connectivity index (χ3v) is 5.73. The number of sulfone groups is 1. The van der Waals surface area contributed by atoms with Crippen molar-refractivity contribution < 1.29 is 62.9 Å². The molecular formula is C15H15F9O5S. The maximum atomic E-state index is 14.2. The van der Waals surface area contributed by atoms with E-state index in [1.807, 2.05) is 0 Å². The third kappa shape index (κ3) is 4.00. The van der Waals surface area contributed by atoms with Crippen LogP contribution >= 0.6 is 0 Å². The first-order valence-electron chi connectivity index (χ1n) is 7.77. The highest BCUT2D eigenvalue weighted by atomic mass is 32.2. The van der Waals surface area contributed by atoms with Gasteiger partial charge in [-0.25, -0.2) is 21.6 Å². The van der Waals surface area contributed by atoms with E-state index in [0.29, 0.717) is 6.07 Å². The molecule has 1 aromatic carbocycles. The first kappa shape index (κ1) is 26.1. The van der Waals surface area contributed by atoms with Crippen LogP contribution in [0.2, 0.25) is 0 Å². The van der Waals surface area contributed by atoms with E-state index in [-0.39, 0.29) is 12.1 Å². The molecule has 0 aromatic heterocycles. The Balaban J connectivity index is 3.58. The molecule has 2 N–H and O–H groups in total. The summed E-state index contributed by atoms with van der Waals surface area (Å²) >= 11 is 0. The summed E-state index contributed by atoms with van der Waals surface area (Å²) < 4.78 is 153. The van der Waals surface area contributed by atoms with Gasteiger partial charge in [0.15, 0.2) is 0 Å². The molecule has 1 aromatic rings. The monoisotopic (exact) mass is 478 g/mol. The van der Waals surface area contributed by atoms with Gasteiger partial charge in [-0.15, -0.1) is 0 Å². The van der Waals surface area contributed by atoms with Gasteiger partial charge in [0.1, 0.15) is 18.2 Å². The number of hydrogen-bond donors (Lipinski definition) is 2. The second kappa shape index (κ2) is 7.66. The SMILES string of the molecule is CCC(F)(CF)O[C@](C)(F)C(F)(F)C(F)(F)C(F)(F)S(=O)(=O)c1cc(O)cc(O)c1. The van der Waals surface area contributed by atoms with Crippen molar-refractivity contribution >= 4 is 9.84 Å². The Labute approximate surface area is 164 Å². The smallest absolute Gasteiger partial charge is 0.418 e. The van der Waals surface area contributed by atoms with Gasteiger partial charge in [0, 0.05) is 19.4 Å². The van der Waals surface area contributed by atoms with Gasteiger partial charge < -0.3 is 14.9 Å². The summed E-state index contributed by atoms with van der Waals surface area (Å²) in [6.07, 6.45) is -1.19. The van der Waals surface area contributed by atoms with Crippen molar-refractivity contribution in [3.05, 3.63) is 18.2 Å². The van der Waals surface area contributed by atoms with E-state index in [4.69, 9.17) is 10.2 Å². The minimum Gasteiger partial charge on any atom is -0.508 e. The van der Waals surface area contributed by atoms with E-state index in [2.05, 4.69) is 4.74 Å². The average Bonchev–Trinajstić information content (AvgIpc) is 2.59. The molecule has 5 nitrogen and oxygen atoms in total. The number of rotatable bonds is 9. The van der Waals surface area contributed by atoms with Crippen LogP contribution in [0.25, 0.3) is 0 Å². The Morgan fingerprint density at radius 1 is 0.900 bits per heavy atom. The van der Waals surface area contributed by atoms with Gasteiger partial charge in [0.05, 0.1) is 4.90 Å². The van der Waals surface area contributed by atoms with Crippen LogP contribution in [0.4, 0.5) is 39.5 Å². The molecule has 0 amide bonds. The lowest BCUT2D eigenvalue weighted by Gasteiger charge is -2.40. The van der Waals surface area contributed by atoms with Crippen molar-refractivity contribution in [2.45, 2.75) is 54.0 Å². The molecular weight excluding hydrogens is 463 g/mol. The largest absolute Gasteiger partial charge is 0.508 e. The number of aromatic hydroxyl groups is 2. The van der Waals surface area contributed by atoms with Gasteiger partial charge in [0.2, 0.25) is 15.7 Å². The van der Waals surface area contributed by atoms with E-state index in [1.165, 1.54) is 0 Å². The molecule has 1 unspecified atom stereocenters. The molecule has 0 aliphatic heterocycles. The summed E-state index contributed by atoms with van der Waals surface area (Å²) in [7, 11) is -6.81. The fourth-order valence-corrected chi connectivity index (χ4v) is 3.42. The second-order valence-electron chi connectivity index (χ2n) is 6.24. The molecule has 0 saturated heterocycles. The lowest BCUT2D eigenvalue weighted by Crippen LogP contribution is -2.66. The molecule has 0 heterocycles. The maximum Gasteiger partial charge on any atom is 0.418 e. The van der Waals surface area contributed by atoms with Crippen LogP contribution in [0.3, 0.4) is 0 Å². The van der Waals surface area contributed by atoms with Gasteiger partial charge >= 0.3 is 17.1 Å². The number of phenolic OH excluding ortho intramolecular Hbond substituents is 2. The Morgan fingerprint density at radius 3 is 1.70 bits per heavy atom. The fraction of sp³-hybridized carbons (Fsp3) is 0.600. The zero-order chi connectivity index (χ0) is 24.0. The van der Waals surface area contributed by atoms with Crippen LogP contribution in [0, 0.1) is 0 Å². The Hall–Kier alpha value is -1.90. The summed E-state index contributed by atoms with van der Waals surface area (Å²) in [5.41, 5.74) is 0. The van der Waals surface area contributed by atoms with Gasteiger partial charge in [0.25, 0.3) is 5.85 Å². The van der Waals surface area contributed by atoms with Crippen LogP contribution in [0.15, 0.2) is 23.1 Å². The number of benzene rings is 1. The van der Waals surface area contributed by atoms with Crippen LogP contribution in [-0.2, 0) is 14.6 Å². The van der Waals surface area contributed by atoms with Gasteiger partial charge in [-0.3, -0.25) is 0 Å². The number of hydrogen-bond acceptors (Lipinski definition) is 5. The van der Waals surface area contributed by atoms with E-state index in [9.17, 15) is 47.9 Å². The predicted octanol–water partition coefficient (Wildman–Crippen LogP) is 4.48. The van der Waals surface area contributed by atoms with Crippen LogP contribution in [0.5, 0.6) is 11.5 Å². The summed E-state index contributed by atoms with van der Waals surface area (Å²) in [6, 6.07) is 0.253. The summed E-state index contributed by atoms with van der Waals surface area (Å²) in [5, 5.41) is 11.5. The zero-order valence-electron chi connectivity index (χ0n) is 15.1. The van der Waals surface area contributed by atoms with Gasteiger partial charge in [-0.2, -0.15) is 26.3 Å². The zero-order valence-corrected chi connectivity index (χ0v) is 15.9. The molecule has 1 rings (SSSR count). The standard InChI is InChI=1S/C15H15F9O5S/c1-3-12(18,7-16)29-11(2,17)13(19,20)14(21,22)15(23,24)30(27,28)10-5-8(25)4-9(26)6-10/h4-6,25-26H,3,7H2,1-2H3/t11-,12?/m0/s1. The van der Waals surface area contributed by atoms with Crippen LogP contribution in [0.1, 0.15) is 20.3 Å². The van der Waals surface area contributed by atoms with E-state index < -0.39 is 75.1 Å². The van der Waals surface area contributed by atoms with E-state index in [1.54, 1.807) is 0 Å². The molecule has 0 spiro atoms. The number of halogens is 9. The molecule has 0 bridgehead atoms. The third-order valence-electron chi connectivity index (χ3n) is 3.95. The Bertz CT molecular complexity index is 862. The topological polar surface area (TPSA) is 83.8 Å². The highest BCUT2D eigenvalue weighted by molar-refractivity contribution is 7.92. The molecule has 2 atom stereocenters. The minimum absolute atomic E-state index is 0.0743. The predicted molar refractivity (Wildman–Crippen MR) is 82.5 cm³/mol. The van der Waals surface area contributed by atoms with E-state index >= 15 is 0 Å². The normalized spacial score (nSPS) is 18.0. The highest BCUT2D eigenvalue weighted by Crippen LogP contribution is 2.56. The molecule has 15 heteroatoms. The quantitative estimate of drug-likeness (QED) is 0.512. The summed E-state index contributed by atoms with van der Waals surface area (Å²) in [4.78, 5) is -1.92. The van der Waals surface area contributed by atoms with Crippen LogP contribution < -0.4 is 0 Å². The molecule has 0 radical (unpaired) electrons. The summed E-state index contributed by atoms with van der Waals surface area (Å²) in [6.45, 7) is -2.19. The fourth-order valence-electron chi connectivity index (χ4n) is 2.10. The number of alkyl halides is 9. The molecule has 0 saturated carbocycles. The molecule has 0 aliphatic rings. The lowest BCUT2D eigenvalue weighted by atomic mass is 10.0. The minimum atomic E-state index is -7.09. The molecule has 174 valence electrons. The van der Waals surface area contributed by atoms with Crippen molar-refractivity contribution in [3.63, 3.8) is 0 Å². The van der Waals surface area contributed by atoms with E-state index in [0.717, 1.165) is 6.92 Å². The van der Waals surface area contributed by atoms with Crippen LogP contribution in [-0.4, -0.2) is 54.1 Å². The lowest BCUT2D eigenvalue weighted by molar-refractivity contribution is -0.403. The Morgan fingerprint density at radius 2 is 1.33 bits per heavy atom. The van der Waals surface area contributed by atoms with Gasteiger partial charge in [-0.1, -0.05) is 6.92 Å². The second-order valence-corrected chi connectivity index (χ2v) is 8.23. The highest BCUT2D eigenvalue weighted by Gasteiger charge is 2.83.